The van der Waals surface area contributed by atoms with Crippen LogP contribution >= 0.6 is 0 Å². The summed E-state index contributed by atoms with van der Waals surface area (Å²) in [6.45, 7) is 0.731. The van der Waals surface area contributed by atoms with Crippen LogP contribution in [0.5, 0.6) is 17.2 Å². The van der Waals surface area contributed by atoms with Crippen LogP contribution in [0.4, 0.5) is 0 Å². The van der Waals surface area contributed by atoms with Gasteiger partial charge in [-0.15, -0.1) is 0 Å². The van der Waals surface area contributed by atoms with Crippen molar-refractivity contribution < 1.29 is 24.5 Å². The largest absolute Gasteiger partial charge is 0.507 e. The van der Waals surface area contributed by atoms with E-state index in [-0.39, 0.29) is 41.4 Å². The van der Waals surface area contributed by atoms with E-state index in [9.17, 15) is 15.0 Å². The summed E-state index contributed by atoms with van der Waals surface area (Å²) in [5, 5.41) is 21.0. The maximum absolute atomic E-state index is 13.0. The minimum absolute atomic E-state index is 0.0486. The van der Waals surface area contributed by atoms with Gasteiger partial charge in [0.05, 0.1) is 20.8 Å². The molecular weight excluding hydrogens is 370 g/mol. The lowest BCUT2D eigenvalue weighted by molar-refractivity contribution is 0.104. The quantitative estimate of drug-likeness (QED) is 0.552. The van der Waals surface area contributed by atoms with Crippen molar-refractivity contribution in [2.75, 3.05) is 34.4 Å². The van der Waals surface area contributed by atoms with Gasteiger partial charge < -0.3 is 24.6 Å². The number of aliphatic hydroxyl groups excluding tert-OH is 1. The van der Waals surface area contributed by atoms with Gasteiger partial charge in [0.25, 0.3) is 0 Å². The average molecular weight is 397 g/mol. The number of rotatable bonds is 7. The highest BCUT2D eigenvalue weighted by molar-refractivity contribution is 6.11. The smallest absolute Gasteiger partial charge is 0.193 e. The lowest BCUT2D eigenvalue weighted by Gasteiger charge is -2.26. The van der Waals surface area contributed by atoms with Gasteiger partial charge in [-0.25, -0.2) is 0 Å². The van der Waals surface area contributed by atoms with Gasteiger partial charge in [-0.2, -0.15) is 0 Å². The molecular formula is C23H27NO5. The van der Waals surface area contributed by atoms with E-state index < -0.39 is 0 Å². The van der Waals surface area contributed by atoms with Crippen molar-refractivity contribution in [1.82, 2.24) is 4.90 Å². The number of phenolic OH excluding ortho intramolecular Hbond substituents is 1. The lowest BCUT2D eigenvalue weighted by atomic mass is 9.87. The number of ether oxygens (including phenoxy) is 2. The van der Waals surface area contributed by atoms with Crippen molar-refractivity contribution in [3.8, 4) is 17.2 Å². The molecule has 29 heavy (non-hydrogen) atoms. The minimum Gasteiger partial charge on any atom is -0.507 e. The van der Waals surface area contributed by atoms with Gasteiger partial charge in [0.1, 0.15) is 22.8 Å². The number of benzene rings is 2. The number of aromatic hydroxyl groups is 1. The fraction of sp³-hybridized carbons (Fsp3) is 0.348. The molecule has 1 fully saturated rings. The molecule has 0 spiro atoms. The molecule has 0 radical (unpaired) electrons. The van der Waals surface area contributed by atoms with Crippen molar-refractivity contribution >= 4 is 11.9 Å². The van der Waals surface area contributed by atoms with Crippen LogP contribution in [0.1, 0.15) is 33.8 Å². The normalized spacial score (nSPS) is 19.6. The van der Waals surface area contributed by atoms with Gasteiger partial charge >= 0.3 is 0 Å². The Labute approximate surface area is 171 Å². The number of likely N-dealkylation sites (N-methyl/N-ethyl adjacent to an activating group) is 1. The van der Waals surface area contributed by atoms with Crippen LogP contribution < -0.4 is 9.47 Å². The van der Waals surface area contributed by atoms with Crippen molar-refractivity contribution in [2.45, 2.75) is 18.4 Å². The summed E-state index contributed by atoms with van der Waals surface area (Å²) in [6.07, 6.45) is 3.86. The Balaban J connectivity index is 2.07. The average Bonchev–Trinajstić information content (AvgIpc) is 3.11. The molecule has 1 heterocycles. The van der Waals surface area contributed by atoms with Crippen molar-refractivity contribution in [3.63, 3.8) is 0 Å². The molecule has 2 unspecified atom stereocenters. The monoisotopic (exact) mass is 397 g/mol. The predicted octanol–water partition coefficient (Wildman–Crippen LogP) is 3.09. The van der Waals surface area contributed by atoms with Crippen molar-refractivity contribution in [3.05, 3.63) is 59.2 Å². The number of aliphatic hydroxyl groups is 1. The maximum atomic E-state index is 13.0. The Morgan fingerprint density at radius 2 is 1.90 bits per heavy atom. The zero-order chi connectivity index (χ0) is 21.0. The third-order valence-electron chi connectivity index (χ3n) is 5.56. The first kappa shape index (κ1) is 20.9. The van der Waals surface area contributed by atoms with E-state index in [4.69, 9.17) is 9.47 Å². The highest BCUT2D eigenvalue weighted by Gasteiger charge is 2.37. The van der Waals surface area contributed by atoms with Crippen LogP contribution in [0, 0.1) is 0 Å². The number of nitrogens with zero attached hydrogens (tertiary/aromatic N) is 1. The molecule has 2 N–H and O–H groups in total. The number of likely N-dealkylation sites (tertiary alicyclic amines) is 1. The molecule has 2 atom stereocenters. The fourth-order valence-electron chi connectivity index (χ4n) is 3.99. The molecule has 1 aliphatic rings. The van der Waals surface area contributed by atoms with Crippen LogP contribution in [0.3, 0.4) is 0 Å². The second-order valence-corrected chi connectivity index (χ2v) is 7.15. The zero-order valence-electron chi connectivity index (χ0n) is 17.0. The number of phenols is 1. The standard InChI is InChI=1S/C23H27NO5/c1-24-12-11-16(17(24)14-25)21-19(28-2)13-20(29-3)22(23(21)27)18(26)10-9-15-7-5-4-6-8-15/h4-10,13,16-17,25,27H,11-12,14H2,1-3H3. The number of hydrogen-bond donors (Lipinski definition) is 2. The molecule has 2 aromatic carbocycles. The molecule has 0 aliphatic carbocycles. The first-order chi connectivity index (χ1) is 14.0. The number of allylic oxidation sites excluding steroid dienone is 1. The van der Waals surface area contributed by atoms with E-state index in [1.807, 2.05) is 42.3 Å². The molecule has 0 bridgehead atoms. The molecule has 0 saturated carbocycles. The van der Waals surface area contributed by atoms with Crippen molar-refractivity contribution in [1.29, 1.82) is 0 Å². The molecule has 6 heteroatoms. The summed E-state index contributed by atoms with van der Waals surface area (Å²) >= 11 is 0. The SMILES string of the molecule is COc1cc(OC)c(C2CCN(C)C2CO)c(O)c1C(=O)C=Cc1ccccc1. The molecule has 3 rings (SSSR count). The Morgan fingerprint density at radius 1 is 1.21 bits per heavy atom. The number of carbonyl (C=O) groups excluding carboxylic acids is 1. The van der Waals surface area contributed by atoms with E-state index in [0.717, 1.165) is 18.5 Å². The van der Waals surface area contributed by atoms with Crippen molar-refractivity contribution in [2.24, 2.45) is 0 Å². The van der Waals surface area contributed by atoms with Gasteiger partial charge in [0, 0.05) is 23.6 Å². The fourth-order valence-corrected chi connectivity index (χ4v) is 3.99. The van der Waals surface area contributed by atoms with E-state index in [2.05, 4.69) is 0 Å². The Hall–Kier alpha value is -2.83. The summed E-state index contributed by atoms with van der Waals surface area (Å²) in [7, 11) is 4.90. The molecule has 1 aliphatic heterocycles. The number of methoxy groups -OCH3 is 2. The highest BCUT2D eigenvalue weighted by Crippen LogP contribution is 2.47. The summed E-state index contributed by atoms with van der Waals surface area (Å²) in [6, 6.07) is 10.9. The van der Waals surface area contributed by atoms with Crippen LogP contribution in [-0.2, 0) is 0 Å². The molecule has 0 aromatic heterocycles. The zero-order valence-corrected chi connectivity index (χ0v) is 17.0. The maximum Gasteiger partial charge on any atom is 0.193 e. The first-order valence-electron chi connectivity index (χ1n) is 9.58. The van der Waals surface area contributed by atoms with Gasteiger partial charge in [0.2, 0.25) is 0 Å². The summed E-state index contributed by atoms with van der Waals surface area (Å²) in [4.78, 5) is 15.0. The summed E-state index contributed by atoms with van der Waals surface area (Å²) < 4.78 is 10.9. The number of ketones is 1. The Morgan fingerprint density at radius 3 is 2.52 bits per heavy atom. The Kier molecular flexibility index (Phi) is 6.56. The third-order valence-corrected chi connectivity index (χ3v) is 5.56. The molecule has 0 amide bonds. The van der Waals surface area contributed by atoms with Gasteiger partial charge in [0.15, 0.2) is 5.78 Å². The molecule has 6 nitrogen and oxygen atoms in total. The van der Waals surface area contributed by atoms with Crippen LogP contribution in [0.15, 0.2) is 42.5 Å². The number of carbonyl (C=O) groups is 1. The number of hydrogen-bond acceptors (Lipinski definition) is 6. The van der Waals surface area contributed by atoms with Gasteiger partial charge in [-0.3, -0.25) is 4.79 Å². The van der Waals surface area contributed by atoms with E-state index in [0.29, 0.717) is 11.3 Å². The third kappa shape index (κ3) is 4.13. The molecule has 1 saturated heterocycles. The van der Waals surface area contributed by atoms with E-state index >= 15 is 0 Å². The second-order valence-electron chi connectivity index (χ2n) is 7.15. The highest BCUT2D eigenvalue weighted by atomic mass is 16.5. The Bertz CT molecular complexity index is 894. The van der Waals surface area contributed by atoms with Crippen LogP contribution in [0.25, 0.3) is 6.08 Å². The second kappa shape index (κ2) is 9.11. The summed E-state index contributed by atoms with van der Waals surface area (Å²) in [5.74, 6) is 0.0246. The topological polar surface area (TPSA) is 79.2 Å². The molecule has 154 valence electrons. The van der Waals surface area contributed by atoms with Crippen LogP contribution in [0.2, 0.25) is 0 Å². The van der Waals surface area contributed by atoms with Gasteiger partial charge in [-0.05, 0) is 31.7 Å². The molecule has 2 aromatic rings. The van der Waals surface area contributed by atoms with Gasteiger partial charge in [-0.1, -0.05) is 36.4 Å². The van der Waals surface area contributed by atoms with E-state index in [1.165, 1.54) is 20.3 Å². The minimum atomic E-state index is -0.362. The lowest BCUT2D eigenvalue weighted by Crippen LogP contribution is -2.32. The summed E-state index contributed by atoms with van der Waals surface area (Å²) in [5.41, 5.74) is 1.51. The predicted molar refractivity (Wildman–Crippen MR) is 112 cm³/mol. The van der Waals surface area contributed by atoms with E-state index in [1.54, 1.807) is 12.1 Å². The first-order valence-corrected chi connectivity index (χ1v) is 9.58. The van der Waals surface area contributed by atoms with Crippen LogP contribution in [-0.4, -0.2) is 61.4 Å².